The van der Waals surface area contributed by atoms with Gasteiger partial charge in [-0.2, -0.15) is 0 Å². The first-order valence-electron chi connectivity index (χ1n) is 6.52. The van der Waals surface area contributed by atoms with E-state index in [2.05, 4.69) is 32.0 Å². The zero-order valence-electron chi connectivity index (χ0n) is 10.6. The molecule has 2 unspecified atom stereocenters. The Morgan fingerprint density at radius 1 is 1.35 bits per heavy atom. The minimum Gasteiger partial charge on any atom is -0.338 e. The highest BCUT2D eigenvalue weighted by Crippen LogP contribution is 2.40. The lowest BCUT2D eigenvalue weighted by molar-refractivity contribution is -0.133. The van der Waals surface area contributed by atoms with Gasteiger partial charge in [-0.05, 0) is 36.8 Å². The molecule has 0 aromatic heterocycles. The van der Waals surface area contributed by atoms with E-state index in [4.69, 9.17) is 0 Å². The summed E-state index contributed by atoms with van der Waals surface area (Å²) in [6, 6.07) is 6.59. The van der Waals surface area contributed by atoms with Crippen LogP contribution in [0.5, 0.6) is 0 Å². The third kappa shape index (κ3) is 1.97. The van der Waals surface area contributed by atoms with Crippen molar-refractivity contribution < 1.29 is 4.79 Å². The Morgan fingerprint density at radius 3 is 2.82 bits per heavy atom. The summed E-state index contributed by atoms with van der Waals surface area (Å²) in [6.45, 7) is 6.02. The fourth-order valence-electron chi connectivity index (χ4n) is 2.77. The van der Waals surface area contributed by atoms with Crippen LogP contribution in [0.2, 0.25) is 0 Å². The molecule has 2 aliphatic rings. The summed E-state index contributed by atoms with van der Waals surface area (Å²) in [7, 11) is 0. The number of carbonyl (C=O) groups excluding carboxylic acids is 1. The van der Waals surface area contributed by atoms with Gasteiger partial charge in [0.05, 0.1) is 0 Å². The van der Waals surface area contributed by atoms with Crippen LogP contribution in [0, 0.1) is 18.8 Å². The van der Waals surface area contributed by atoms with E-state index < -0.39 is 0 Å². The third-order valence-electron chi connectivity index (χ3n) is 4.11. The Hall–Kier alpha value is -1.31. The molecule has 0 N–H and O–H groups in total. The number of nitrogens with zero attached hydrogens (tertiary/aromatic N) is 1. The van der Waals surface area contributed by atoms with Crippen molar-refractivity contribution in [3.63, 3.8) is 0 Å². The Morgan fingerprint density at radius 2 is 2.12 bits per heavy atom. The molecule has 0 spiro atoms. The van der Waals surface area contributed by atoms with Gasteiger partial charge in [-0.3, -0.25) is 4.79 Å². The highest BCUT2D eigenvalue weighted by atomic mass is 16.2. The van der Waals surface area contributed by atoms with Gasteiger partial charge in [0.25, 0.3) is 0 Å². The molecule has 1 amide bonds. The summed E-state index contributed by atoms with van der Waals surface area (Å²) in [5.41, 5.74) is 4.08. The molecular weight excluding hydrogens is 210 g/mol. The molecule has 90 valence electrons. The van der Waals surface area contributed by atoms with E-state index in [1.165, 1.54) is 16.7 Å². The van der Waals surface area contributed by atoms with Crippen molar-refractivity contribution in [2.24, 2.45) is 11.8 Å². The maximum Gasteiger partial charge on any atom is 0.226 e. The van der Waals surface area contributed by atoms with E-state index >= 15 is 0 Å². The molecule has 17 heavy (non-hydrogen) atoms. The summed E-state index contributed by atoms with van der Waals surface area (Å²) in [4.78, 5) is 14.2. The standard InChI is InChI=1S/C15H19NO/c1-10-3-4-13-9-16(6-5-12(13)7-10)15(17)14-8-11(14)2/h3-4,7,11,14H,5-6,8-9H2,1-2H3. The summed E-state index contributed by atoms with van der Waals surface area (Å²) in [5, 5.41) is 0. The van der Waals surface area contributed by atoms with Crippen molar-refractivity contribution in [1.82, 2.24) is 4.90 Å². The Kier molecular flexibility index (Phi) is 2.46. The summed E-state index contributed by atoms with van der Waals surface area (Å²) in [6.07, 6.45) is 2.11. The SMILES string of the molecule is Cc1ccc2c(c1)CCN(C(=O)C1CC1C)C2. The first kappa shape index (κ1) is 10.8. The molecule has 1 fully saturated rings. The minimum absolute atomic E-state index is 0.321. The predicted octanol–water partition coefficient (Wildman–Crippen LogP) is 2.54. The van der Waals surface area contributed by atoms with Crippen LogP contribution in [0.1, 0.15) is 30.0 Å². The second-order valence-electron chi connectivity index (χ2n) is 5.60. The number of benzene rings is 1. The van der Waals surface area contributed by atoms with Crippen molar-refractivity contribution in [2.45, 2.75) is 33.2 Å². The number of amides is 1. The molecule has 1 aliphatic carbocycles. The van der Waals surface area contributed by atoms with Gasteiger partial charge in [-0.1, -0.05) is 30.7 Å². The summed E-state index contributed by atoms with van der Waals surface area (Å²) in [5.74, 6) is 1.31. The highest BCUT2D eigenvalue weighted by Gasteiger charge is 2.41. The largest absolute Gasteiger partial charge is 0.338 e. The van der Waals surface area contributed by atoms with Gasteiger partial charge in [0.1, 0.15) is 0 Å². The van der Waals surface area contributed by atoms with Gasteiger partial charge in [0, 0.05) is 19.0 Å². The first-order chi connectivity index (χ1) is 8.15. The molecule has 2 heteroatoms. The Balaban J connectivity index is 1.76. The lowest BCUT2D eigenvalue weighted by atomic mass is 9.97. The quantitative estimate of drug-likeness (QED) is 0.724. The molecule has 0 bridgehead atoms. The number of carbonyl (C=O) groups is 1. The fourth-order valence-corrected chi connectivity index (χ4v) is 2.77. The van der Waals surface area contributed by atoms with Gasteiger partial charge in [-0.25, -0.2) is 0 Å². The molecule has 1 aromatic carbocycles. The number of aryl methyl sites for hydroxylation is 1. The molecule has 1 aromatic rings. The molecule has 3 rings (SSSR count). The number of hydrogen-bond acceptors (Lipinski definition) is 1. The van der Waals surface area contributed by atoms with Gasteiger partial charge < -0.3 is 4.90 Å². The van der Waals surface area contributed by atoms with Crippen LogP contribution >= 0.6 is 0 Å². The zero-order chi connectivity index (χ0) is 12.0. The summed E-state index contributed by atoms with van der Waals surface area (Å²) >= 11 is 0. The number of fused-ring (bicyclic) bond motifs is 1. The molecule has 1 saturated carbocycles. The topological polar surface area (TPSA) is 20.3 Å². The molecule has 0 saturated heterocycles. The zero-order valence-corrected chi connectivity index (χ0v) is 10.6. The van der Waals surface area contributed by atoms with Gasteiger partial charge in [-0.15, -0.1) is 0 Å². The van der Waals surface area contributed by atoms with Crippen molar-refractivity contribution in [1.29, 1.82) is 0 Å². The van der Waals surface area contributed by atoms with Gasteiger partial charge in [0.15, 0.2) is 0 Å². The molecule has 1 aliphatic heterocycles. The van der Waals surface area contributed by atoms with Crippen LogP contribution < -0.4 is 0 Å². The van der Waals surface area contributed by atoms with Crippen LogP contribution in [0.3, 0.4) is 0 Å². The van der Waals surface area contributed by atoms with E-state index in [0.29, 0.717) is 17.7 Å². The molecule has 2 atom stereocenters. The molecule has 1 heterocycles. The fraction of sp³-hybridized carbons (Fsp3) is 0.533. The van der Waals surface area contributed by atoms with Crippen molar-refractivity contribution in [3.05, 3.63) is 34.9 Å². The maximum absolute atomic E-state index is 12.2. The second-order valence-corrected chi connectivity index (χ2v) is 5.60. The Bertz CT molecular complexity index is 466. The average Bonchev–Trinajstić information content (AvgIpc) is 3.05. The molecule has 0 radical (unpaired) electrons. The minimum atomic E-state index is 0.321. The van der Waals surface area contributed by atoms with Crippen molar-refractivity contribution in [2.75, 3.05) is 6.54 Å². The van der Waals surface area contributed by atoms with E-state index in [1.807, 2.05) is 4.90 Å². The van der Waals surface area contributed by atoms with Crippen LogP contribution in [0.4, 0.5) is 0 Å². The van der Waals surface area contributed by atoms with E-state index in [1.54, 1.807) is 0 Å². The molecule has 2 nitrogen and oxygen atoms in total. The van der Waals surface area contributed by atoms with Crippen LogP contribution in [-0.4, -0.2) is 17.4 Å². The Labute approximate surface area is 103 Å². The monoisotopic (exact) mass is 229 g/mol. The van der Waals surface area contributed by atoms with E-state index in [0.717, 1.165) is 25.9 Å². The van der Waals surface area contributed by atoms with E-state index in [9.17, 15) is 4.79 Å². The van der Waals surface area contributed by atoms with Gasteiger partial charge >= 0.3 is 0 Å². The van der Waals surface area contributed by atoms with Crippen molar-refractivity contribution >= 4 is 5.91 Å². The highest BCUT2D eigenvalue weighted by molar-refractivity contribution is 5.81. The third-order valence-corrected chi connectivity index (χ3v) is 4.11. The lowest BCUT2D eigenvalue weighted by Gasteiger charge is -2.29. The van der Waals surface area contributed by atoms with Crippen LogP contribution in [0.15, 0.2) is 18.2 Å². The normalized spacial score (nSPS) is 26.6. The average molecular weight is 229 g/mol. The summed E-state index contributed by atoms with van der Waals surface area (Å²) < 4.78 is 0. The van der Waals surface area contributed by atoms with Crippen LogP contribution in [-0.2, 0) is 17.8 Å². The smallest absolute Gasteiger partial charge is 0.226 e. The second kappa shape index (κ2) is 3.86. The number of rotatable bonds is 1. The molecular formula is C15H19NO. The maximum atomic E-state index is 12.2. The van der Waals surface area contributed by atoms with Gasteiger partial charge in [0.2, 0.25) is 5.91 Å². The number of hydrogen-bond donors (Lipinski definition) is 0. The van der Waals surface area contributed by atoms with Crippen LogP contribution in [0.25, 0.3) is 0 Å². The predicted molar refractivity (Wildman–Crippen MR) is 67.6 cm³/mol. The first-order valence-corrected chi connectivity index (χ1v) is 6.52. The van der Waals surface area contributed by atoms with E-state index in [-0.39, 0.29) is 0 Å². The van der Waals surface area contributed by atoms with Crippen molar-refractivity contribution in [3.8, 4) is 0 Å². The lowest BCUT2D eigenvalue weighted by Crippen LogP contribution is -2.37.